The fourth-order valence-electron chi connectivity index (χ4n) is 1.52. The number of benzene rings is 2. The zero-order valence-electron chi connectivity index (χ0n) is 8.96. The van der Waals surface area contributed by atoms with E-state index in [-0.39, 0.29) is 40.9 Å². The van der Waals surface area contributed by atoms with Crippen LogP contribution < -0.4 is 0 Å². The molecule has 0 saturated heterocycles. The molecule has 0 aromatic heterocycles. The first kappa shape index (κ1) is 14.6. The summed E-state index contributed by atoms with van der Waals surface area (Å²) in [7, 11) is 0. The molecule has 0 bridgehead atoms. The van der Waals surface area contributed by atoms with Gasteiger partial charge in [0.05, 0.1) is 5.56 Å². The number of aromatic carboxylic acids is 1. The molecular weight excluding hydrogens is 239 g/mol. The van der Waals surface area contributed by atoms with Gasteiger partial charge in [-0.3, -0.25) is 4.79 Å². The molecule has 2 aromatic rings. The van der Waals surface area contributed by atoms with Gasteiger partial charge in [-0.15, -0.1) is 0 Å². The molecule has 3 nitrogen and oxygen atoms in total. The molecule has 86 valence electrons. The van der Waals surface area contributed by atoms with Crippen LogP contribution in [0.15, 0.2) is 54.6 Å². The third kappa shape index (κ3) is 3.29. The quantitative estimate of drug-likeness (QED) is 0.669. The molecule has 0 radical (unpaired) electrons. The molecule has 0 aliphatic heterocycles. The maximum absolute atomic E-state index is 12.0. The third-order valence-electron chi connectivity index (χ3n) is 2.43. The molecule has 0 spiro atoms. The van der Waals surface area contributed by atoms with Crippen LogP contribution in [0, 0.1) is 0 Å². The Morgan fingerprint density at radius 3 is 1.67 bits per heavy atom. The van der Waals surface area contributed by atoms with Crippen molar-refractivity contribution in [3.63, 3.8) is 0 Å². The molecule has 2 aromatic carbocycles. The molecule has 0 heterocycles. The zero-order valence-corrected chi connectivity index (χ0v) is 8.96. The van der Waals surface area contributed by atoms with Gasteiger partial charge in [0.15, 0.2) is 5.78 Å². The number of carbonyl (C=O) groups excluding carboxylic acids is 1. The van der Waals surface area contributed by atoms with E-state index in [4.69, 9.17) is 5.11 Å². The van der Waals surface area contributed by atoms with Crippen LogP contribution in [0.1, 0.15) is 26.3 Å². The monoisotopic (exact) mass is 250 g/mol. The van der Waals surface area contributed by atoms with Gasteiger partial charge in [0, 0.05) is 11.1 Å². The SMILES string of the molecule is O=C(O)c1ccc(C(=O)c2ccccc2)cc1.[NaH]. The van der Waals surface area contributed by atoms with Crippen LogP contribution in [-0.2, 0) is 0 Å². The van der Waals surface area contributed by atoms with Crippen molar-refractivity contribution < 1.29 is 14.7 Å². The second kappa shape index (κ2) is 6.50. The van der Waals surface area contributed by atoms with Crippen molar-refractivity contribution in [2.24, 2.45) is 0 Å². The standard InChI is InChI=1S/C14H10O3.Na.H/c15-13(10-4-2-1-3-5-10)11-6-8-12(9-7-11)14(16)17;;/h1-9H,(H,16,17);;. The van der Waals surface area contributed by atoms with Crippen molar-refractivity contribution in [1.82, 2.24) is 0 Å². The number of rotatable bonds is 3. The molecule has 0 amide bonds. The maximum atomic E-state index is 12.0. The molecule has 0 fully saturated rings. The van der Waals surface area contributed by atoms with Gasteiger partial charge >= 0.3 is 35.5 Å². The molecule has 2 rings (SSSR count). The zero-order chi connectivity index (χ0) is 12.3. The molecular formula is C14H11NaO3. The van der Waals surface area contributed by atoms with E-state index in [1.807, 2.05) is 6.07 Å². The number of hydrogen-bond acceptors (Lipinski definition) is 2. The average Bonchev–Trinajstić information content (AvgIpc) is 2.39. The molecule has 0 saturated carbocycles. The van der Waals surface area contributed by atoms with E-state index in [9.17, 15) is 9.59 Å². The number of ketones is 1. The second-order valence-electron chi connectivity index (χ2n) is 3.58. The van der Waals surface area contributed by atoms with Crippen molar-refractivity contribution in [2.45, 2.75) is 0 Å². The molecule has 4 heteroatoms. The number of carboxylic acid groups (broad SMARTS) is 1. The topological polar surface area (TPSA) is 54.4 Å². The van der Waals surface area contributed by atoms with Crippen LogP contribution in [0.3, 0.4) is 0 Å². The normalized spacial score (nSPS) is 9.33. The van der Waals surface area contributed by atoms with Crippen molar-refractivity contribution >= 4 is 41.3 Å². The Bertz CT molecular complexity index is 547. The van der Waals surface area contributed by atoms with Gasteiger partial charge in [0.2, 0.25) is 0 Å². The van der Waals surface area contributed by atoms with Gasteiger partial charge in [-0.2, -0.15) is 0 Å². The second-order valence-corrected chi connectivity index (χ2v) is 3.58. The van der Waals surface area contributed by atoms with Crippen molar-refractivity contribution in [3.05, 3.63) is 71.3 Å². The van der Waals surface area contributed by atoms with Crippen LogP contribution in [0.2, 0.25) is 0 Å². The summed E-state index contributed by atoms with van der Waals surface area (Å²) >= 11 is 0. The van der Waals surface area contributed by atoms with Crippen LogP contribution in [0.25, 0.3) is 0 Å². The van der Waals surface area contributed by atoms with Gasteiger partial charge in [-0.1, -0.05) is 42.5 Å². The fraction of sp³-hybridized carbons (Fsp3) is 0. The van der Waals surface area contributed by atoms with Crippen LogP contribution in [-0.4, -0.2) is 46.4 Å². The number of hydrogen-bond donors (Lipinski definition) is 1. The van der Waals surface area contributed by atoms with Gasteiger partial charge in [-0.05, 0) is 12.1 Å². The van der Waals surface area contributed by atoms with Gasteiger partial charge in [0.25, 0.3) is 0 Å². The van der Waals surface area contributed by atoms with Gasteiger partial charge < -0.3 is 5.11 Å². The Balaban J connectivity index is 0.00000162. The van der Waals surface area contributed by atoms with E-state index in [0.29, 0.717) is 11.1 Å². The number of carboxylic acids is 1. The predicted octanol–water partition coefficient (Wildman–Crippen LogP) is 1.97. The Morgan fingerprint density at radius 1 is 0.722 bits per heavy atom. The summed E-state index contributed by atoms with van der Waals surface area (Å²) in [5.74, 6) is -1.11. The summed E-state index contributed by atoms with van der Waals surface area (Å²) < 4.78 is 0. The molecule has 1 N–H and O–H groups in total. The van der Waals surface area contributed by atoms with Crippen molar-refractivity contribution in [3.8, 4) is 0 Å². The molecule has 0 atom stereocenters. The van der Waals surface area contributed by atoms with Crippen LogP contribution >= 0.6 is 0 Å². The van der Waals surface area contributed by atoms with Crippen molar-refractivity contribution in [1.29, 1.82) is 0 Å². The van der Waals surface area contributed by atoms with Crippen LogP contribution in [0.4, 0.5) is 0 Å². The number of carbonyl (C=O) groups is 2. The summed E-state index contributed by atoms with van der Waals surface area (Å²) in [6.45, 7) is 0. The Hall–Kier alpha value is -1.42. The van der Waals surface area contributed by atoms with E-state index >= 15 is 0 Å². The van der Waals surface area contributed by atoms with Crippen molar-refractivity contribution in [2.75, 3.05) is 0 Å². The first-order chi connectivity index (χ1) is 8.18. The van der Waals surface area contributed by atoms with E-state index in [0.717, 1.165) is 0 Å². The molecule has 18 heavy (non-hydrogen) atoms. The molecule has 0 aliphatic carbocycles. The Kier molecular flexibility index (Phi) is 5.28. The molecule has 0 aliphatic rings. The summed E-state index contributed by atoms with van der Waals surface area (Å²) in [5, 5.41) is 8.75. The first-order valence-electron chi connectivity index (χ1n) is 5.11. The van der Waals surface area contributed by atoms with E-state index in [2.05, 4.69) is 0 Å². The van der Waals surface area contributed by atoms with Gasteiger partial charge in [-0.25, -0.2) is 4.79 Å². The Morgan fingerprint density at radius 2 is 1.17 bits per heavy atom. The Labute approximate surface area is 127 Å². The predicted molar refractivity (Wildman–Crippen MR) is 70.4 cm³/mol. The summed E-state index contributed by atoms with van der Waals surface area (Å²) in [6, 6.07) is 14.8. The minimum absolute atomic E-state index is 0. The van der Waals surface area contributed by atoms with Gasteiger partial charge in [0.1, 0.15) is 0 Å². The van der Waals surface area contributed by atoms with E-state index < -0.39 is 5.97 Å². The fourth-order valence-corrected chi connectivity index (χ4v) is 1.52. The average molecular weight is 250 g/mol. The van der Waals surface area contributed by atoms with E-state index in [1.165, 1.54) is 24.3 Å². The summed E-state index contributed by atoms with van der Waals surface area (Å²) in [4.78, 5) is 22.6. The third-order valence-corrected chi connectivity index (χ3v) is 2.43. The summed E-state index contributed by atoms with van der Waals surface area (Å²) in [5.41, 5.74) is 1.26. The molecule has 0 unspecified atom stereocenters. The first-order valence-corrected chi connectivity index (χ1v) is 5.11. The van der Waals surface area contributed by atoms with E-state index in [1.54, 1.807) is 24.3 Å². The minimum atomic E-state index is -0.997. The van der Waals surface area contributed by atoms with Crippen LogP contribution in [0.5, 0.6) is 0 Å². The summed E-state index contributed by atoms with van der Waals surface area (Å²) in [6.07, 6.45) is 0.